The number of rotatable bonds is 6. The first-order valence-electron chi connectivity index (χ1n) is 9.75. The van der Waals surface area contributed by atoms with E-state index in [1.54, 1.807) is 19.1 Å². The lowest BCUT2D eigenvalue weighted by Crippen LogP contribution is -2.16. The second-order valence-corrected chi connectivity index (χ2v) is 8.98. The number of hydrogen-bond donors (Lipinski definition) is 2. The summed E-state index contributed by atoms with van der Waals surface area (Å²) in [5, 5.41) is 26.2. The molecule has 0 saturated heterocycles. The van der Waals surface area contributed by atoms with Crippen molar-refractivity contribution in [1.82, 2.24) is 0 Å². The third-order valence-corrected chi connectivity index (χ3v) is 5.72. The van der Waals surface area contributed by atoms with E-state index >= 15 is 0 Å². The molecule has 3 rings (SSSR count). The van der Waals surface area contributed by atoms with Crippen molar-refractivity contribution in [3.63, 3.8) is 0 Å². The van der Waals surface area contributed by atoms with Gasteiger partial charge < -0.3 is 10.1 Å². The number of sulfonamides is 1. The Labute approximate surface area is 191 Å². The van der Waals surface area contributed by atoms with Crippen molar-refractivity contribution in [1.29, 1.82) is 10.5 Å². The SMILES string of the molecule is Cc1cc(S(N)(=O)=O)ccc1NC(=O)Cc1ccc(C)c(Oc2cc(C#N)cc(C#N)c2)c1. The van der Waals surface area contributed by atoms with Crippen LogP contribution in [0.2, 0.25) is 0 Å². The van der Waals surface area contributed by atoms with Crippen LogP contribution in [0.1, 0.15) is 27.8 Å². The molecule has 0 bridgehead atoms. The quantitative estimate of drug-likeness (QED) is 0.574. The number of nitrogens with one attached hydrogen (secondary N) is 1. The second-order valence-electron chi connectivity index (χ2n) is 7.42. The number of aryl methyl sites for hydroxylation is 2. The molecule has 0 heterocycles. The van der Waals surface area contributed by atoms with Gasteiger partial charge in [-0.25, -0.2) is 13.6 Å². The van der Waals surface area contributed by atoms with E-state index in [1.165, 1.54) is 36.4 Å². The molecule has 0 saturated carbocycles. The van der Waals surface area contributed by atoms with Crippen molar-refractivity contribution >= 4 is 21.6 Å². The molecule has 0 aliphatic heterocycles. The predicted octanol–water partition coefficient (Wildman–Crippen LogP) is 3.67. The van der Waals surface area contributed by atoms with E-state index in [1.807, 2.05) is 25.1 Å². The number of primary sulfonamides is 1. The summed E-state index contributed by atoms with van der Waals surface area (Å²) in [4.78, 5) is 12.5. The van der Waals surface area contributed by atoms with Gasteiger partial charge >= 0.3 is 0 Å². The molecule has 0 radical (unpaired) electrons. The van der Waals surface area contributed by atoms with Crippen LogP contribution in [0.5, 0.6) is 11.5 Å². The Hall–Kier alpha value is -4.18. The highest BCUT2D eigenvalue weighted by Crippen LogP contribution is 2.28. The number of nitrogens with zero attached hydrogens (tertiary/aromatic N) is 2. The summed E-state index contributed by atoms with van der Waals surface area (Å²) in [6, 6.07) is 18.1. The molecule has 3 aromatic rings. The highest BCUT2D eigenvalue weighted by molar-refractivity contribution is 7.89. The van der Waals surface area contributed by atoms with Crippen LogP contribution < -0.4 is 15.2 Å². The largest absolute Gasteiger partial charge is 0.457 e. The molecule has 0 aromatic heterocycles. The van der Waals surface area contributed by atoms with Crippen molar-refractivity contribution in [2.45, 2.75) is 25.2 Å². The van der Waals surface area contributed by atoms with Crippen LogP contribution in [0.15, 0.2) is 59.5 Å². The lowest BCUT2D eigenvalue weighted by molar-refractivity contribution is -0.115. The van der Waals surface area contributed by atoms with Crippen LogP contribution in [0.3, 0.4) is 0 Å². The molecule has 33 heavy (non-hydrogen) atoms. The molecule has 0 spiro atoms. The maximum absolute atomic E-state index is 12.6. The molecule has 0 unspecified atom stereocenters. The van der Waals surface area contributed by atoms with E-state index in [9.17, 15) is 13.2 Å². The first kappa shape index (κ1) is 23.5. The summed E-state index contributed by atoms with van der Waals surface area (Å²) >= 11 is 0. The van der Waals surface area contributed by atoms with Gasteiger partial charge in [0.1, 0.15) is 11.5 Å². The standard InChI is InChI=1S/C24H20N4O4S/c1-15-3-4-17(11-23(15)32-20-9-18(13-25)8-19(10-20)14-26)12-24(29)28-22-6-5-21(7-16(22)2)33(27,30)31/h3-11H,12H2,1-2H3,(H,28,29)(H2,27,30,31). The van der Waals surface area contributed by atoms with Gasteiger partial charge in [0.2, 0.25) is 15.9 Å². The van der Waals surface area contributed by atoms with Crippen LogP contribution in [-0.2, 0) is 21.2 Å². The Bertz CT molecular complexity index is 1400. The zero-order chi connectivity index (χ0) is 24.2. The first-order chi connectivity index (χ1) is 15.6. The summed E-state index contributed by atoms with van der Waals surface area (Å²) in [6.07, 6.45) is 0.0503. The molecular formula is C24H20N4O4S. The van der Waals surface area contributed by atoms with Gasteiger partial charge in [-0.15, -0.1) is 0 Å². The lowest BCUT2D eigenvalue weighted by atomic mass is 10.1. The summed E-state index contributed by atoms with van der Waals surface area (Å²) < 4.78 is 28.8. The average Bonchev–Trinajstić information content (AvgIpc) is 2.76. The molecule has 3 aromatic carbocycles. The Morgan fingerprint density at radius 2 is 1.64 bits per heavy atom. The van der Waals surface area contributed by atoms with Crippen LogP contribution in [0.25, 0.3) is 0 Å². The number of benzene rings is 3. The Balaban J connectivity index is 1.77. The highest BCUT2D eigenvalue weighted by Gasteiger charge is 2.13. The fraction of sp³-hybridized carbons (Fsp3) is 0.125. The van der Waals surface area contributed by atoms with Crippen LogP contribution in [-0.4, -0.2) is 14.3 Å². The Morgan fingerprint density at radius 1 is 0.970 bits per heavy atom. The van der Waals surface area contributed by atoms with E-state index in [4.69, 9.17) is 20.4 Å². The monoisotopic (exact) mass is 460 g/mol. The summed E-state index contributed by atoms with van der Waals surface area (Å²) in [6.45, 7) is 3.52. The zero-order valence-electron chi connectivity index (χ0n) is 17.9. The van der Waals surface area contributed by atoms with Gasteiger partial charge in [-0.1, -0.05) is 12.1 Å². The molecule has 166 valence electrons. The van der Waals surface area contributed by atoms with Crippen molar-refractivity contribution < 1.29 is 17.9 Å². The number of carbonyl (C=O) groups excluding carboxylic acids is 1. The van der Waals surface area contributed by atoms with Crippen LogP contribution in [0, 0.1) is 36.5 Å². The molecular weight excluding hydrogens is 440 g/mol. The Kier molecular flexibility index (Phi) is 6.78. The van der Waals surface area contributed by atoms with Gasteiger partial charge in [0, 0.05) is 5.69 Å². The van der Waals surface area contributed by atoms with E-state index in [-0.39, 0.29) is 17.2 Å². The third-order valence-electron chi connectivity index (χ3n) is 4.81. The highest BCUT2D eigenvalue weighted by atomic mass is 32.2. The van der Waals surface area contributed by atoms with Crippen molar-refractivity contribution in [2.24, 2.45) is 5.14 Å². The van der Waals surface area contributed by atoms with Gasteiger partial charge in [0.05, 0.1) is 34.6 Å². The molecule has 3 N–H and O–H groups in total. The molecule has 0 aliphatic carbocycles. The Morgan fingerprint density at radius 3 is 2.21 bits per heavy atom. The zero-order valence-corrected chi connectivity index (χ0v) is 18.7. The van der Waals surface area contributed by atoms with Gasteiger partial charge in [-0.2, -0.15) is 10.5 Å². The number of hydrogen-bond acceptors (Lipinski definition) is 6. The maximum atomic E-state index is 12.6. The predicted molar refractivity (Wildman–Crippen MR) is 122 cm³/mol. The molecule has 0 atom stereocenters. The van der Waals surface area contributed by atoms with Gasteiger partial charge in [-0.3, -0.25) is 4.79 Å². The van der Waals surface area contributed by atoms with Gasteiger partial charge in [0.25, 0.3) is 0 Å². The number of nitrogens with two attached hydrogens (primary N) is 1. The van der Waals surface area contributed by atoms with Crippen molar-refractivity contribution in [3.05, 3.63) is 82.4 Å². The van der Waals surface area contributed by atoms with Crippen LogP contribution >= 0.6 is 0 Å². The maximum Gasteiger partial charge on any atom is 0.238 e. The van der Waals surface area contributed by atoms with Gasteiger partial charge in [-0.05, 0) is 73.0 Å². The fourth-order valence-electron chi connectivity index (χ4n) is 3.11. The normalized spacial score (nSPS) is 10.7. The molecule has 0 fully saturated rings. The molecule has 9 heteroatoms. The molecule has 0 aliphatic rings. The van der Waals surface area contributed by atoms with Crippen molar-refractivity contribution in [3.8, 4) is 23.6 Å². The second kappa shape index (κ2) is 9.53. The van der Waals surface area contributed by atoms with E-state index < -0.39 is 10.0 Å². The average molecular weight is 461 g/mol. The van der Waals surface area contributed by atoms with Gasteiger partial charge in [0.15, 0.2) is 0 Å². The minimum atomic E-state index is -3.83. The molecule has 1 amide bonds. The number of carbonyl (C=O) groups is 1. The minimum absolute atomic E-state index is 0.0293. The third kappa shape index (κ3) is 5.95. The minimum Gasteiger partial charge on any atom is -0.457 e. The van der Waals surface area contributed by atoms with E-state index in [0.717, 1.165) is 5.56 Å². The first-order valence-corrected chi connectivity index (χ1v) is 11.3. The van der Waals surface area contributed by atoms with E-state index in [0.29, 0.717) is 39.4 Å². The fourth-order valence-corrected chi connectivity index (χ4v) is 3.71. The summed E-state index contributed by atoms with van der Waals surface area (Å²) in [7, 11) is -3.83. The number of anilines is 1. The van der Waals surface area contributed by atoms with E-state index in [2.05, 4.69) is 5.32 Å². The summed E-state index contributed by atoms with van der Waals surface area (Å²) in [5.41, 5.74) is 3.15. The topological polar surface area (TPSA) is 146 Å². The van der Waals surface area contributed by atoms with Crippen LogP contribution in [0.4, 0.5) is 5.69 Å². The van der Waals surface area contributed by atoms with Crippen molar-refractivity contribution in [2.75, 3.05) is 5.32 Å². The lowest BCUT2D eigenvalue weighted by Gasteiger charge is -2.12. The number of nitriles is 2. The number of ether oxygens (including phenoxy) is 1. The molecule has 8 nitrogen and oxygen atoms in total. The summed E-state index contributed by atoms with van der Waals surface area (Å²) in [5.74, 6) is 0.545. The number of amides is 1. The smallest absolute Gasteiger partial charge is 0.238 e.